The van der Waals surface area contributed by atoms with Crippen molar-refractivity contribution in [2.24, 2.45) is 5.73 Å². The fraction of sp³-hybridized carbons (Fsp3) is 0.417. The summed E-state index contributed by atoms with van der Waals surface area (Å²) < 4.78 is 38.4. The van der Waals surface area contributed by atoms with E-state index in [1.165, 1.54) is 17.4 Å². The maximum atomic E-state index is 12.5. The summed E-state index contributed by atoms with van der Waals surface area (Å²) in [5.41, 5.74) is 5.17. The lowest BCUT2D eigenvalue weighted by molar-refractivity contribution is -0.137. The standard InChI is InChI=1S/C12H13F3N2S/c1-11(2,16)6-10-17-8-5-7(12(13,14)15)3-4-9(8)18-10/h3-5H,6,16H2,1-2H3. The first-order valence-electron chi connectivity index (χ1n) is 5.41. The molecule has 0 aliphatic rings. The molecule has 2 nitrogen and oxygen atoms in total. The molecule has 0 amide bonds. The average Bonchev–Trinajstić information content (AvgIpc) is 2.53. The second-order valence-corrected chi connectivity index (χ2v) is 6.07. The highest BCUT2D eigenvalue weighted by atomic mass is 32.1. The maximum Gasteiger partial charge on any atom is 0.416 e. The van der Waals surface area contributed by atoms with Gasteiger partial charge in [0.15, 0.2) is 0 Å². The summed E-state index contributed by atoms with van der Waals surface area (Å²) in [4.78, 5) is 4.21. The number of halogens is 3. The molecule has 18 heavy (non-hydrogen) atoms. The van der Waals surface area contributed by atoms with Gasteiger partial charge in [-0.05, 0) is 32.0 Å². The molecule has 0 aliphatic heterocycles. The lowest BCUT2D eigenvalue weighted by Gasteiger charge is -2.15. The normalized spacial score (nSPS) is 13.2. The van der Waals surface area contributed by atoms with Crippen molar-refractivity contribution in [1.29, 1.82) is 0 Å². The third-order valence-electron chi connectivity index (χ3n) is 2.37. The first kappa shape index (κ1) is 13.3. The number of hydrogen-bond acceptors (Lipinski definition) is 3. The maximum absolute atomic E-state index is 12.5. The molecular formula is C12H13F3N2S. The molecule has 1 aromatic carbocycles. The van der Waals surface area contributed by atoms with E-state index in [1.807, 2.05) is 13.8 Å². The third kappa shape index (κ3) is 3.00. The fourth-order valence-electron chi connectivity index (χ4n) is 1.62. The number of rotatable bonds is 2. The van der Waals surface area contributed by atoms with Gasteiger partial charge in [-0.1, -0.05) is 0 Å². The van der Waals surface area contributed by atoms with Crippen LogP contribution in [0.15, 0.2) is 18.2 Å². The molecule has 0 spiro atoms. The van der Waals surface area contributed by atoms with E-state index in [9.17, 15) is 13.2 Å². The Kier molecular flexibility index (Phi) is 3.11. The molecule has 0 fully saturated rings. The first-order chi connectivity index (χ1) is 8.15. The largest absolute Gasteiger partial charge is 0.416 e. The Morgan fingerprint density at radius 2 is 1.94 bits per heavy atom. The van der Waals surface area contributed by atoms with Crippen LogP contribution in [-0.4, -0.2) is 10.5 Å². The number of thiazole rings is 1. The van der Waals surface area contributed by atoms with Gasteiger partial charge in [0.05, 0.1) is 20.8 Å². The van der Waals surface area contributed by atoms with Gasteiger partial charge >= 0.3 is 6.18 Å². The predicted octanol–water partition coefficient (Wildman–Crippen LogP) is 3.59. The summed E-state index contributed by atoms with van der Waals surface area (Å²) in [6.07, 6.45) is -3.78. The molecule has 0 bridgehead atoms. The van der Waals surface area contributed by atoms with Crippen molar-refractivity contribution >= 4 is 21.6 Å². The molecule has 0 unspecified atom stereocenters. The Balaban J connectivity index is 2.40. The lowest BCUT2D eigenvalue weighted by atomic mass is 10.0. The summed E-state index contributed by atoms with van der Waals surface area (Å²) in [6.45, 7) is 3.72. The Bertz CT molecular complexity index is 567. The van der Waals surface area contributed by atoms with Crippen LogP contribution >= 0.6 is 11.3 Å². The molecule has 2 rings (SSSR count). The quantitative estimate of drug-likeness (QED) is 0.908. The van der Waals surface area contributed by atoms with Crippen LogP contribution in [0.1, 0.15) is 24.4 Å². The number of nitrogens with zero attached hydrogens (tertiary/aromatic N) is 1. The highest BCUT2D eigenvalue weighted by molar-refractivity contribution is 7.18. The fourth-order valence-corrected chi connectivity index (χ4v) is 2.80. The second-order valence-electron chi connectivity index (χ2n) is 4.95. The van der Waals surface area contributed by atoms with Gasteiger partial charge in [-0.2, -0.15) is 13.2 Å². The van der Waals surface area contributed by atoms with E-state index in [0.717, 1.165) is 21.8 Å². The number of hydrogen-bond donors (Lipinski definition) is 1. The van der Waals surface area contributed by atoms with E-state index in [0.29, 0.717) is 11.9 Å². The van der Waals surface area contributed by atoms with Gasteiger partial charge in [-0.25, -0.2) is 4.98 Å². The molecule has 6 heteroatoms. The number of alkyl halides is 3. The van der Waals surface area contributed by atoms with Crippen LogP contribution in [0, 0.1) is 0 Å². The minimum atomic E-state index is -4.33. The molecular weight excluding hydrogens is 261 g/mol. The highest BCUT2D eigenvalue weighted by Gasteiger charge is 2.30. The van der Waals surface area contributed by atoms with E-state index in [4.69, 9.17) is 5.73 Å². The lowest BCUT2D eigenvalue weighted by Crippen LogP contribution is -2.34. The molecule has 0 atom stereocenters. The van der Waals surface area contributed by atoms with Crippen LogP contribution in [0.5, 0.6) is 0 Å². The monoisotopic (exact) mass is 274 g/mol. The molecule has 0 saturated carbocycles. The molecule has 0 saturated heterocycles. The van der Waals surface area contributed by atoms with Crippen molar-refractivity contribution in [3.8, 4) is 0 Å². The molecule has 1 heterocycles. The smallest absolute Gasteiger partial charge is 0.325 e. The Hall–Kier alpha value is -1.14. The van der Waals surface area contributed by atoms with Crippen molar-refractivity contribution in [2.75, 3.05) is 0 Å². The van der Waals surface area contributed by atoms with Gasteiger partial charge in [0.25, 0.3) is 0 Å². The first-order valence-corrected chi connectivity index (χ1v) is 6.22. The van der Waals surface area contributed by atoms with Gasteiger partial charge in [-0.3, -0.25) is 0 Å². The number of nitrogens with two attached hydrogens (primary N) is 1. The zero-order valence-electron chi connectivity index (χ0n) is 10.0. The zero-order chi connectivity index (χ0) is 13.6. The van der Waals surface area contributed by atoms with Gasteiger partial charge in [0, 0.05) is 12.0 Å². The number of benzene rings is 1. The van der Waals surface area contributed by atoms with Gasteiger partial charge in [-0.15, -0.1) is 11.3 Å². The minimum Gasteiger partial charge on any atom is -0.325 e. The summed E-state index contributed by atoms with van der Waals surface area (Å²) in [5, 5.41) is 0.761. The van der Waals surface area contributed by atoms with Crippen LogP contribution in [0.3, 0.4) is 0 Å². The number of fused-ring (bicyclic) bond motifs is 1. The Morgan fingerprint density at radius 1 is 1.28 bits per heavy atom. The van der Waals surface area contributed by atoms with Crippen molar-refractivity contribution in [3.05, 3.63) is 28.8 Å². The van der Waals surface area contributed by atoms with Crippen LogP contribution in [0.4, 0.5) is 13.2 Å². The average molecular weight is 274 g/mol. The summed E-state index contributed by atoms with van der Waals surface area (Å²) in [6, 6.07) is 3.62. The number of aromatic nitrogens is 1. The molecule has 0 aliphatic carbocycles. The summed E-state index contributed by atoms with van der Waals surface area (Å²) in [5.74, 6) is 0. The predicted molar refractivity (Wildman–Crippen MR) is 66.6 cm³/mol. The molecule has 1 aromatic heterocycles. The summed E-state index contributed by atoms with van der Waals surface area (Å²) >= 11 is 1.39. The van der Waals surface area contributed by atoms with E-state index < -0.39 is 17.3 Å². The van der Waals surface area contributed by atoms with Crippen molar-refractivity contribution in [3.63, 3.8) is 0 Å². The van der Waals surface area contributed by atoms with Crippen LogP contribution in [0.25, 0.3) is 10.2 Å². The minimum absolute atomic E-state index is 0.383. The Morgan fingerprint density at radius 3 is 2.50 bits per heavy atom. The van der Waals surface area contributed by atoms with E-state index in [1.54, 1.807) is 0 Å². The van der Waals surface area contributed by atoms with Gasteiger partial charge in [0.2, 0.25) is 0 Å². The van der Waals surface area contributed by atoms with Crippen LogP contribution in [0.2, 0.25) is 0 Å². The van der Waals surface area contributed by atoms with Crippen LogP contribution in [-0.2, 0) is 12.6 Å². The SMILES string of the molecule is CC(C)(N)Cc1nc2cc(C(F)(F)F)ccc2s1. The van der Waals surface area contributed by atoms with E-state index in [-0.39, 0.29) is 0 Å². The van der Waals surface area contributed by atoms with Gasteiger partial charge < -0.3 is 5.73 Å². The van der Waals surface area contributed by atoms with E-state index in [2.05, 4.69) is 4.98 Å². The topological polar surface area (TPSA) is 38.9 Å². The van der Waals surface area contributed by atoms with E-state index >= 15 is 0 Å². The van der Waals surface area contributed by atoms with Crippen molar-refractivity contribution in [2.45, 2.75) is 32.0 Å². The Labute approximate surface area is 107 Å². The molecule has 2 aromatic rings. The second kappa shape index (κ2) is 4.20. The summed E-state index contributed by atoms with van der Waals surface area (Å²) in [7, 11) is 0. The van der Waals surface area contributed by atoms with Crippen molar-refractivity contribution in [1.82, 2.24) is 4.98 Å². The van der Waals surface area contributed by atoms with Crippen molar-refractivity contribution < 1.29 is 13.2 Å². The molecule has 0 radical (unpaired) electrons. The molecule has 98 valence electrons. The molecule has 2 N–H and O–H groups in total. The third-order valence-corrected chi connectivity index (χ3v) is 3.40. The highest BCUT2D eigenvalue weighted by Crippen LogP contribution is 2.33. The van der Waals surface area contributed by atoms with Crippen LogP contribution < -0.4 is 5.73 Å². The van der Waals surface area contributed by atoms with Gasteiger partial charge in [0.1, 0.15) is 0 Å². The zero-order valence-corrected chi connectivity index (χ0v) is 10.8.